The van der Waals surface area contributed by atoms with Gasteiger partial charge in [-0.1, -0.05) is 20.8 Å². The molecule has 4 saturated carbocycles. The summed E-state index contributed by atoms with van der Waals surface area (Å²) in [7, 11) is 0. The van der Waals surface area contributed by atoms with Crippen molar-refractivity contribution in [2.75, 3.05) is 0 Å². The molecule has 30 heavy (non-hydrogen) atoms. The summed E-state index contributed by atoms with van der Waals surface area (Å²) in [5.41, 5.74) is -0.169. The van der Waals surface area contributed by atoms with E-state index in [-0.39, 0.29) is 23.7 Å². The molecule has 4 rings (SSSR count). The first-order valence-electron chi connectivity index (χ1n) is 12.1. The van der Waals surface area contributed by atoms with E-state index in [0.717, 1.165) is 44.9 Å². The van der Waals surface area contributed by atoms with Crippen LogP contribution in [0.1, 0.15) is 91.9 Å². The maximum absolute atomic E-state index is 12.8. The van der Waals surface area contributed by atoms with Crippen LogP contribution in [0.5, 0.6) is 0 Å². The first kappa shape index (κ1) is 22.6. The van der Waals surface area contributed by atoms with E-state index in [0.29, 0.717) is 29.1 Å². The van der Waals surface area contributed by atoms with E-state index in [1.807, 2.05) is 13.8 Å². The number of ketones is 1. The van der Waals surface area contributed by atoms with E-state index >= 15 is 0 Å². The van der Waals surface area contributed by atoms with Crippen LogP contribution < -0.4 is 0 Å². The Hall–Kier alpha value is -0.580. The van der Waals surface area contributed by atoms with Crippen LogP contribution in [-0.2, 0) is 4.79 Å². The standard InChI is InChI=1S/C25H39F3O2/c1-15(13-21(29)25(26,27)28)18-7-8-19-17-6-5-16-14-22(2,30)11-12-23(16,3)20(17)9-10-24(18,19)4/h15-20,30H,5-14H2,1-4H3/t15-,16+,17?,18-,19?,20?,22+,23+,24-/m1/s1. The quantitative estimate of drug-likeness (QED) is 0.553. The van der Waals surface area contributed by atoms with Crippen LogP contribution in [-0.4, -0.2) is 22.7 Å². The van der Waals surface area contributed by atoms with Crippen molar-refractivity contribution < 1.29 is 23.1 Å². The minimum absolute atomic E-state index is 0.0653. The number of aliphatic hydroxyl groups is 1. The van der Waals surface area contributed by atoms with Gasteiger partial charge in [-0.2, -0.15) is 13.2 Å². The topological polar surface area (TPSA) is 37.3 Å². The second-order valence-electron chi connectivity index (χ2n) is 12.2. The molecular formula is C25H39F3O2. The van der Waals surface area contributed by atoms with Crippen molar-refractivity contribution in [1.29, 1.82) is 0 Å². The van der Waals surface area contributed by atoms with Crippen molar-refractivity contribution in [3.05, 3.63) is 0 Å². The van der Waals surface area contributed by atoms with E-state index in [4.69, 9.17) is 0 Å². The summed E-state index contributed by atoms with van der Waals surface area (Å²) in [6.07, 6.45) is 4.48. The Bertz CT molecular complexity index is 686. The first-order chi connectivity index (χ1) is 13.8. The van der Waals surface area contributed by atoms with Crippen LogP contribution in [0.3, 0.4) is 0 Å². The van der Waals surface area contributed by atoms with Crippen molar-refractivity contribution in [3.8, 4) is 0 Å². The van der Waals surface area contributed by atoms with Crippen LogP contribution in [0.4, 0.5) is 13.2 Å². The summed E-state index contributed by atoms with van der Waals surface area (Å²) in [6, 6.07) is 0. The molecule has 0 aromatic rings. The lowest BCUT2D eigenvalue weighted by molar-refractivity contribution is -0.173. The molecule has 0 saturated heterocycles. The van der Waals surface area contributed by atoms with Gasteiger partial charge in [0.15, 0.2) is 0 Å². The smallest absolute Gasteiger partial charge is 0.390 e. The van der Waals surface area contributed by atoms with E-state index in [1.54, 1.807) is 0 Å². The van der Waals surface area contributed by atoms with Gasteiger partial charge in [-0.3, -0.25) is 4.79 Å². The predicted octanol–water partition coefficient (Wildman–Crippen LogP) is 6.55. The van der Waals surface area contributed by atoms with E-state index in [2.05, 4.69) is 13.8 Å². The maximum atomic E-state index is 12.8. The lowest BCUT2D eigenvalue weighted by Crippen LogP contribution is -2.55. The van der Waals surface area contributed by atoms with Crippen molar-refractivity contribution in [2.24, 2.45) is 46.3 Å². The summed E-state index contributed by atoms with van der Waals surface area (Å²) in [5, 5.41) is 10.6. The number of hydrogen-bond acceptors (Lipinski definition) is 2. The van der Waals surface area contributed by atoms with Gasteiger partial charge in [0.05, 0.1) is 5.60 Å². The predicted molar refractivity (Wildman–Crippen MR) is 111 cm³/mol. The molecule has 0 aromatic heterocycles. The van der Waals surface area contributed by atoms with Gasteiger partial charge < -0.3 is 5.11 Å². The van der Waals surface area contributed by atoms with Crippen LogP contribution >= 0.6 is 0 Å². The highest BCUT2D eigenvalue weighted by atomic mass is 19.4. The molecule has 0 amide bonds. The highest BCUT2D eigenvalue weighted by molar-refractivity contribution is 5.84. The number of rotatable bonds is 3. The highest BCUT2D eigenvalue weighted by Crippen LogP contribution is 2.68. The molecule has 0 heterocycles. The van der Waals surface area contributed by atoms with Gasteiger partial charge in [0.2, 0.25) is 5.78 Å². The van der Waals surface area contributed by atoms with Crippen molar-refractivity contribution in [3.63, 3.8) is 0 Å². The fourth-order valence-corrected chi connectivity index (χ4v) is 8.96. The number of carbonyl (C=O) groups excluding carboxylic acids is 1. The van der Waals surface area contributed by atoms with Gasteiger partial charge in [-0.05, 0) is 111 Å². The van der Waals surface area contributed by atoms with E-state index in [1.165, 1.54) is 12.8 Å². The monoisotopic (exact) mass is 428 g/mol. The molecule has 4 aliphatic rings. The van der Waals surface area contributed by atoms with Gasteiger partial charge in [-0.15, -0.1) is 0 Å². The largest absolute Gasteiger partial charge is 0.449 e. The number of alkyl halides is 3. The van der Waals surface area contributed by atoms with Crippen molar-refractivity contribution in [2.45, 2.75) is 104 Å². The molecule has 0 aliphatic heterocycles. The van der Waals surface area contributed by atoms with Crippen LogP contribution in [0.15, 0.2) is 0 Å². The summed E-state index contributed by atoms with van der Waals surface area (Å²) in [5.74, 6) is 0.949. The molecule has 172 valence electrons. The van der Waals surface area contributed by atoms with Crippen LogP contribution in [0.2, 0.25) is 0 Å². The molecule has 2 nitrogen and oxygen atoms in total. The average molecular weight is 429 g/mol. The van der Waals surface area contributed by atoms with Gasteiger partial charge in [0.1, 0.15) is 0 Å². The van der Waals surface area contributed by atoms with Crippen LogP contribution in [0, 0.1) is 46.3 Å². The van der Waals surface area contributed by atoms with Crippen molar-refractivity contribution in [1.82, 2.24) is 0 Å². The fraction of sp³-hybridized carbons (Fsp3) is 0.960. The number of hydrogen-bond donors (Lipinski definition) is 1. The zero-order valence-corrected chi connectivity index (χ0v) is 19.0. The van der Waals surface area contributed by atoms with Crippen LogP contribution in [0.25, 0.3) is 0 Å². The van der Waals surface area contributed by atoms with Crippen molar-refractivity contribution >= 4 is 5.78 Å². The molecule has 0 bridgehead atoms. The molecule has 0 spiro atoms. The SMILES string of the molecule is C[C@H](CC(=O)C(F)(F)F)[C@H]1CCC2C3CC[C@H]4C[C@@](C)(O)CC[C@]4(C)C3CC[C@@]21C. The summed E-state index contributed by atoms with van der Waals surface area (Å²) in [6.45, 7) is 8.64. The molecule has 1 N–H and O–H groups in total. The average Bonchev–Trinajstić information content (AvgIpc) is 2.98. The number of fused-ring (bicyclic) bond motifs is 5. The van der Waals surface area contributed by atoms with E-state index in [9.17, 15) is 23.1 Å². The Kier molecular flexibility index (Phi) is 5.44. The van der Waals surface area contributed by atoms with Gasteiger partial charge in [0.25, 0.3) is 0 Å². The first-order valence-corrected chi connectivity index (χ1v) is 12.1. The minimum Gasteiger partial charge on any atom is -0.390 e. The van der Waals surface area contributed by atoms with Gasteiger partial charge in [0, 0.05) is 6.42 Å². The van der Waals surface area contributed by atoms with Gasteiger partial charge in [-0.25, -0.2) is 0 Å². The summed E-state index contributed by atoms with van der Waals surface area (Å²) in [4.78, 5) is 11.6. The molecule has 0 aromatic carbocycles. The molecule has 5 heteroatoms. The Labute approximate surface area is 179 Å². The normalized spacial score (nSPS) is 49.7. The lowest BCUT2D eigenvalue weighted by Gasteiger charge is -2.62. The third-order valence-electron chi connectivity index (χ3n) is 10.5. The van der Waals surface area contributed by atoms with E-state index < -0.39 is 17.6 Å². The summed E-state index contributed by atoms with van der Waals surface area (Å²) >= 11 is 0. The number of halogens is 3. The minimum atomic E-state index is -4.71. The zero-order valence-electron chi connectivity index (χ0n) is 19.0. The third kappa shape index (κ3) is 3.55. The molecule has 3 unspecified atom stereocenters. The fourth-order valence-electron chi connectivity index (χ4n) is 8.96. The molecular weight excluding hydrogens is 389 g/mol. The lowest BCUT2D eigenvalue weighted by atomic mass is 9.43. The number of carbonyl (C=O) groups is 1. The Morgan fingerprint density at radius 1 is 0.967 bits per heavy atom. The Morgan fingerprint density at radius 2 is 1.63 bits per heavy atom. The molecule has 4 fully saturated rings. The third-order valence-corrected chi connectivity index (χ3v) is 10.5. The number of Topliss-reactive ketones (excluding diaryl/α,β-unsaturated/α-hetero) is 1. The maximum Gasteiger partial charge on any atom is 0.449 e. The Morgan fingerprint density at radius 3 is 2.30 bits per heavy atom. The summed E-state index contributed by atoms with van der Waals surface area (Å²) < 4.78 is 38.5. The Balaban J connectivity index is 1.51. The second kappa shape index (κ2) is 7.22. The molecule has 4 aliphatic carbocycles. The zero-order chi connectivity index (χ0) is 22.1. The van der Waals surface area contributed by atoms with Gasteiger partial charge >= 0.3 is 6.18 Å². The molecule has 9 atom stereocenters. The molecule has 0 radical (unpaired) electrons. The highest BCUT2D eigenvalue weighted by Gasteiger charge is 2.61. The second-order valence-corrected chi connectivity index (χ2v) is 12.2.